The van der Waals surface area contributed by atoms with Gasteiger partial charge in [0.05, 0.1) is 32.6 Å². The zero-order valence-corrected chi connectivity index (χ0v) is 24.1. The Kier molecular flexibility index (Phi) is 15.7. The van der Waals surface area contributed by atoms with Crippen molar-refractivity contribution in [1.29, 1.82) is 0 Å². The molecule has 0 aromatic heterocycles. The van der Waals surface area contributed by atoms with Gasteiger partial charge in [-0.3, -0.25) is 9.36 Å². The molecule has 0 fully saturated rings. The van der Waals surface area contributed by atoms with E-state index in [1.54, 1.807) is 49.9 Å². The predicted molar refractivity (Wildman–Crippen MR) is 152 cm³/mol. The molecule has 0 aliphatic heterocycles. The van der Waals surface area contributed by atoms with Crippen LogP contribution in [0.3, 0.4) is 0 Å². The van der Waals surface area contributed by atoms with Gasteiger partial charge in [-0.2, -0.15) is 11.8 Å². The second kappa shape index (κ2) is 18.4. The SMILES string of the molecule is CCOP(=O)(CCCSC(CC(=O)c1ccc(OCCCO)cc1)c1ccc(OCCCO)cc1)OCC. The van der Waals surface area contributed by atoms with Crippen LogP contribution in [0.25, 0.3) is 0 Å². The highest BCUT2D eigenvalue weighted by Crippen LogP contribution is 2.49. The van der Waals surface area contributed by atoms with Gasteiger partial charge < -0.3 is 28.7 Å². The van der Waals surface area contributed by atoms with Crippen LogP contribution in [0, 0.1) is 0 Å². The Balaban J connectivity index is 2.06. The molecule has 1 atom stereocenters. The van der Waals surface area contributed by atoms with Crippen molar-refractivity contribution in [3.8, 4) is 11.5 Å². The van der Waals surface area contributed by atoms with E-state index in [1.807, 2.05) is 24.3 Å². The monoisotopic (exact) mass is 568 g/mol. The van der Waals surface area contributed by atoms with E-state index < -0.39 is 7.60 Å². The summed E-state index contributed by atoms with van der Waals surface area (Å²) in [6.45, 7) is 5.27. The third kappa shape index (κ3) is 11.9. The van der Waals surface area contributed by atoms with E-state index in [4.69, 9.17) is 28.7 Å². The molecule has 0 saturated carbocycles. The molecule has 10 heteroatoms. The summed E-state index contributed by atoms with van der Waals surface area (Å²) in [5, 5.41) is 17.7. The Bertz CT molecular complexity index is 958. The fraction of sp³-hybridized carbons (Fsp3) is 0.536. The summed E-state index contributed by atoms with van der Waals surface area (Å²) in [7, 11) is -3.10. The second-order valence-corrected chi connectivity index (χ2v) is 12.0. The van der Waals surface area contributed by atoms with Gasteiger partial charge in [-0.25, -0.2) is 0 Å². The number of ether oxygens (including phenoxy) is 2. The molecule has 0 aliphatic carbocycles. The Morgan fingerprint density at radius 1 is 0.842 bits per heavy atom. The van der Waals surface area contributed by atoms with Crippen LogP contribution in [-0.2, 0) is 13.6 Å². The van der Waals surface area contributed by atoms with Gasteiger partial charge in [0.15, 0.2) is 5.78 Å². The number of thioether (sulfide) groups is 1. The molecule has 0 radical (unpaired) electrons. The summed E-state index contributed by atoms with van der Waals surface area (Å²) in [6.07, 6.45) is 2.38. The van der Waals surface area contributed by atoms with Crippen molar-refractivity contribution < 1.29 is 38.1 Å². The molecule has 2 aromatic carbocycles. The summed E-state index contributed by atoms with van der Waals surface area (Å²) in [6, 6.07) is 14.7. The lowest BCUT2D eigenvalue weighted by atomic mass is 10.0. The number of carbonyl (C=O) groups is 1. The lowest BCUT2D eigenvalue weighted by Gasteiger charge is -2.19. The highest BCUT2D eigenvalue weighted by Gasteiger charge is 2.24. The fourth-order valence-corrected chi connectivity index (χ4v) is 6.72. The smallest absolute Gasteiger partial charge is 0.330 e. The van der Waals surface area contributed by atoms with Crippen molar-refractivity contribution >= 4 is 25.1 Å². The predicted octanol–water partition coefficient (Wildman–Crippen LogP) is 5.91. The van der Waals surface area contributed by atoms with Crippen LogP contribution in [0.2, 0.25) is 0 Å². The first-order valence-corrected chi connectivity index (χ1v) is 15.9. The molecule has 38 heavy (non-hydrogen) atoms. The van der Waals surface area contributed by atoms with Crippen LogP contribution in [0.4, 0.5) is 0 Å². The first kappa shape index (κ1) is 32.3. The average Bonchev–Trinajstić information content (AvgIpc) is 2.92. The number of benzene rings is 2. The normalized spacial score (nSPS) is 12.3. The van der Waals surface area contributed by atoms with Gasteiger partial charge in [-0.1, -0.05) is 12.1 Å². The maximum absolute atomic E-state index is 13.2. The van der Waals surface area contributed by atoms with Gasteiger partial charge in [-0.15, -0.1) is 0 Å². The molecule has 0 spiro atoms. The maximum atomic E-state index is 13.2. The standard InChI is InChI=1S/C28H41O8PS/c1-3-35-37(32,36-4-2)20-7-21-38-28(24-10-14-26(15-11-24)34-19-6-17-30)22-27(31)23-8-12-25(13-9-23)33-18-5-16-29/h8-15,28-30H,3-7,16-22H2,1-2H3. The summed E-state index contributed by atoms with van der Waals surface area (Å²) in [5.41, 5.74) is 1.60. The first-order valence-electron chi connectivity index (χ1n) is 13.1. The lowest BCUT2D eigenvalue weighted by Crippen LogP contribution is -2.07. The molecule has 2 N–H and O–H groups in total. The quantitative estimate of drug-likeness (QED) is 0.108. The average molecular weight is 569 g/mol. The summed E-state index contributed by atoms with van der Waals surface area (Å²) >= 11 is 1.64. The Labute approximate surface area is 230 Å². The minimum atomic E-state index is -3.10. The summed E-state index contributed by atoms with van der Waals surface area (Å²) < 4.78 is 34.8. The number of aliphatic hydroxyl groups excluding tert-OH is 2. The van der Waals surface area contributed by atoms with Crippen LogP contribution >= 0.6 is 19.4 Å². The molecule has 212 valence electrons. The molecule has 0 amide bonds. The summed E-state index contributed by atoms with van der Waals surface area (Å²) in [5.74, 6) is 2.07. The summed E-state index contributed by atoms with van der Waals surface area (Å²) in [4.78, 5) is 13.2. The highest BCUT2D eigenvalue weighted by molar-refractivity contribution is 7.99. The van der Waals surface area contributed by atoms with Gasteiger partial charge >= 0.3 is 7.60 Å². The molecule has 0 heterocycles. The molecule has 2 aromatic rings. The topological polar surface area (TPSA) is 112 Å². The van der Waals surface area contributed by atoms with E-state index in [0.717, 1.165) is 5.56 Å². The Morgan fingerprint density at radius 3 is 1.87 bits per heavy atom. The fourth-order valence-electron chi connectivity index (χ4n) is 3.63. The zero-order chi connectivity index (χ0) is 27.6. The molecule has 0 aliphatic rings. The highest BCUT2D eigenvalue weighted by atomic mass is 32.2. The van der Waals surface area contributed by atoms with Crippen LogP contribution in [0.1, 0.15) is 60.7 Å². The number of ketones is 1. The molecular formula is C28H41O8PS. The van der Waals surface area contributed by atoms with Crippen molar-refractivity contribution in [2.75, 3.05) is 51.6 Å². The number of hydrogen-bond acceptors (Lipinski definition) is 9. The van der Waals surface area contributed by atoms with Crippen molar-refractivity contribution in [3.05, 3.63) is 59.7 Å². The van der Waals surface area contributed by atoms with Crippen molar-refractivity contribution in [1.82, 2.24) is 0 Å². The largest absolute Gasteiger partial charge is 0.494 e. The Hall–Kier alpha value is -1.87. The maximum Gasteiger partial charge on any atom is 0.330 e. The molecule has 0 saturated heterocycles. The number of aliphatic hydroxyl groups is 2. The third-order valence-electron chi connectivity index (χ3n) is 5.49. The molecule has 8 nitrogen and oxygen atoms in total. The van der Waals surface area contributed by atoms with E-state index in [9.17, 15) is 9.36 Å². The molecule has 2 rings (SSSR count). The van der Waals surface area contributed by atoms with Gasteiger partial charge in [0.2, 0.25) is 0 Å². The van der Waals surface area contributed by atoms with Crippen molar-refractivity contribution in [2.45, 2.75) is 44.8 Å². The number of carbonyl (C=O) groups excluding carboxylic acids is 1. The molecular weight excluding hydrogens is 527 g/mol. The Morgan fingerprint density at radius 2 is 1.37 bits per heavy atom. The van der Waals surface area contributed by atoms with E-state index in [-0.39, 0.29) is 24.2 Å². The van der Waals surface area contributed by atoms with Crippen LogP contribution in [0.5, 0.6) is 11.5 Å². The number of Topliss-reactive ketones (excluding diaryl/α,β-unsaturated/α-hetero) is 1. The van der Waals surface area contributed by atoms with Gasteiger partial charge in [0.1, 0.15) is 11.5 Å². The number of rotatable bonds is 21. The second-order valence-electron chi connectivity index (χ2n) is 8.46. The third-order valence-corrected chi connectivity index (χ3v) is 9.02. The van der Waals surface area contributed by atoms with E-state index in [0.29, 0.717) is 81.1 Å². The first-order chi connectivity index (χ1) is 18.4. The van der Waals surface area contributed by atoms with Crippen LogP contribution < -0.4 is 9.47 Å². The van der Waals surface area contributed by atoms with Gasteiger partial charge in [0, 0.05) is 43.3 Å². The van der Waals surface area contributed by atoms with Crippen molar-refractivity contribution in [2.24, 2.45) is 0 Å². The van der Waals surface area contributed by atoms with E-state index in [1.165, 1.54) is 0 Å². The molecule has 1 unspecified atom stereocenters. The van der Waals surface area contributed by atoms with Gasteiger partial charge in [0.25, 0.3) is 0 Å². The number of hydrogen-bond donors (Lipinski definition) is 2. The van der Waals surface area contributed by atoms with E-state index >= 15 is 0 Å². The molecule has 0 bridgehead atoms. The van der Waals surface area contributed by atoms with Crippen LogP contribution in [-0.4, -0.2) is 67.6 Å². The zero-order valence-electron chi connectivity index (χ0n) is 22.4. The lowest BCUT2D eigenvalue weighted by molar-refractivity contribution is 0.0982. The van der Waals surface area contributed by atoms with Crippen LogP contribution in [0.15, 0.2) is 48.5 Å². The van der Waals surface area contributed by atoms with Crippen molar-refractivity contribution in [3.63, 3.8) is 0 Å². The minimum absolute atomic E-state index is 0.0157. The van der Waals surface area contributed by atoms with Gasteiger partial charge in [-0.05, 0) is 68.0 Å². The van der Waals surface area contributed by atoms with E-state index in [2.05, 4.69) is 0 Å². The minimum Gasteiger partial charge on any atom is -0.494 e.